The second-order valence-corrected chi connectivity index (χ2v) is 8.02. The van der Waals surface area contributed by atoms with Gasteiger partial charge in [0.25, 0.3) is 5.91 Å². The largest absolute Gasteiger partial charge is 0.342 e. The third-order valence-corrected chi connectivity index (χ3v) is 5.77. The molecular formula is C21H18ClN3O2S. The topological polar surface area (TPSA) is 61.8 Å². The van der Waals surface area contributed by atoms with Crippen molar-refractivity contribution in [2.24, 2.45) is 4.99 Å². The van der Waals surface area contributed by atoms with Gasteiger partial charge in [-0.05, 0) is 30.2 Å². The number of nitrogens with one attached hydrogen (secondary N) is 1. The van der Waals surface area contributed by atoms with E-state index in [0.29, 0.717) is 10.2 Å². The number of thioether (sulfide) groups is 1. The van der Waals surface area contributed by atoms with Crippen LogP contribution in [0, 0.1) is 6.92 Å². The molecule has 7 heteroatoms. The summed E-state index contributed by atoms with van der Waals surface area (Å²) in [6.07, 6.45) is 0. The van der Waals surface area contributed by atoms with Crippen LogP contribution in [0.5, 0.6) is 0 Å². The number of hydrogen-bond donors (Lipinski definition) is 1. The van der Waals surface area contributed by atoms with E-state index in [1.807, 2.05) is 48.7 Å². The van der Waals surface area contributed by atoms with Crippen molar-refractivity contribution in [1.82, 2.24) is 10.2 Å². The molecular weight excluding hydrogens is 394 g/mol. The maximum Gasteiger partial charge on any atom is 0.258 e. The number of carbonyl (C=O) groups excluding carboxylic acids is 2. The molecule has 2 aliphatic heterocycles. The Kier molecular flexibility index (Phi) is 5.00. The van der Waals surface area contributed by atoms with Crippen molar-refractivity contribution < 1.29 is 9.59 Å². The maximum atomic E-state index is 13.4. The Bertz CT molecular complexity index is 999. The smallest absolute Gasteiger partial charge is 0.258 e. The second kappa shape index (κ2) is 7.45. The molecule has 2 aromatic carbocycles. The molecule has 2 atom stereocenters. The summed E-state index contributed by atoms with van der Waals surface area (Å²) < 4.78 is 0. The molecule has 0 saturated heterocycles. The highest BCUT2D eigenvalue weighted by Gasteiger charge is 2.43. The van der Waals surface area contributed by atoms with E-state index < -0.39 is 12.1 Å². The molecule has 0 aromatic heterocycles. The zero-order chi connectivity index (χ0) is 19.8. The van der Waals surface area contributed by atoms with E-state index in [4.69, 9.17) is 16.6 Å². The average molecular weight is 412 g/mol. The molecule has 0 spiro atoms. The van der Waals surface area contributed by atoms with E-state index in [2.05, 4.69) is 5.32 Å². The normalized spacial score (nSPS) is 21.1. The highest BCUT2D eigenvalue weighted by atomic mass is 35.5. The lowest BCUT2D eigenvalue weighted by Crippen LogP contribution is -2.53. The fourth-order valence-electron chi connectivity index (χ4n) is 3.29. The number of amidine groups is 1. The van der Waals surface area contributed by atoms with Gasteiger partial charge in [-0.3, -0.25) is 19.5 Å². The molecule has 0 fully saturated rings. The number of amides is 2. The Labute approximate surface area is 172 Å². The fraction of sp³-hybridized carbons (Fsp3) is 0.190. The second-order valence-electron chi connectivity index (χ2n) is 6.75. The van der Waals surface area contributed by atoms with Crippen LogP contribution in [-0.4, -0.2) is 27.9 Å². The van der Waals surface area contributed by atoms with Gasteiger partial charge in [-0.15, -0.1) is 0 Å². The number of fused-ring (bicyclic) bond motifs is 1. The molecule has 28 heavy (non-hydrogen) atoms. The first kappa shape index (κ1) is 18.8. The van der Waals surface area contributed by atoms with Crippen LogP contribution in [0.25, 0.3) is 5.70 Å². The van der Waals surface area contributed by atoms with Crippen molar-refractivity contribution >= 4 is 46.0 Å². The van der Waals surface area contributed by atoms with Crippen molar-refractivity contribution in [3.8, 4) is 0 Å². The lowest BCUT2D eigenvalue weighted by molar-refractivity contribution is -0.132. The summed E-state index contributed by atoms with van der Waals surface area (Å²) in [6.45, 7) is 3.42. The zero-order valence-corrected chi connectivity index (χ0v) is 16.9. The number of benzene rings is 2. The van der Waals surface area contributed by atoms with E-state index in [0.717, 1.165) is 22.4 Å². The monoisotopic (exact) mass is 411 g/mol. The molecule has 2 amide bonds. The Balaban J connectivity index is 1.74. The van der Waals surface area contributed by atoms with Crippen LogP contribution >= 0.6 is 23.4 Å². The Hall–Kier alpha value is -2.57. The summed E-state index contributed by atoms with van der Waals surface area (Å²) in [5.41, 5.74) is 3.68. The first-order chi connectivity index (χ1) is 13.4. The van der Waals surface area contributed by atoms with E-state index in [-0.39, 0.29) is 11.8 Å². The van der Waals surface area contributed by atoms with Crippen molar-refractivity contribution in [1.29, 1.82) is 0 Å². The lowest BCUT2D eigenvalue weighted by Gasteiger charge is -2.34. The van der Waals surface area contributed by atoms with Gasteiger partial charge in [-0.1, -0.05) is 65.3 Å². The molecule has 4 rings (SSSR count). The number of hydrogen-bond acceptors (Lipinski definition) is 4. The summed E-state index contributed by atoms with van der Waals surface area (Å²) in [5.74, 6) is -0.472. The van der Waals surface area contributed by atoms with Crippen LogP contribution < -0.4 is 5.32 Å². The van der Waals surface area contributed by atoms with Gasteiger partial charge in [0.2, 0.25) is 5.91 Å². The van der Waals surface area contributed by atoms with Crippen LogP contribution in [-0.2, 0) is 9.59 Å². The van der Waals surface area contributed by atoms with Crippen molar-refractivity contribution in [2.45, 2.75) is 25.9 Å². The van der Waals surface area contributed by atoms with E-state index in [9.17, 15) is 9.59 Å². The number of rotatable bonds is 3. The van der Waals surface area contributed by atoms with Gasteiger partial charge in [0.15, 0.2) is 5.17 Å². The minimum absolute atomic E-state index is 0.197. The summed E-state index contributed by atoms with van der Waals surface area (Å²) in [5, 5.41) is 5.93. The first-order valence-corrected chi connectivity index (χ1v) is 10.1. The van der Waals surface area contributed by atoms with Gasteiger partial charge < -0.3 is 5.32 Å². The van der Waals surface area contributed by atoms with Crippen molar-refractivity contribution in [3.05, 3.63) is 75.7 Å². The molecule has 0 unspecified atom stereocenters. The highest BCUT2D eigenvalue weighted by molar-refractivity contribution is 8.16. The maximum absolute atomic E-state index is 13.4. The number of carbonyl (C=O) groups is 2. The molecule has 0 saturated carbocycles. The van der Waals surface area contributed by atoms with Crippen molar-refractivity contribution in [2.75, 3.05) is 0 Å². The SMILES string of the molecule is CC(=O)N[C@@H]1C(=O)N2C(c3ccc(C)cc3)=CSC2=N[C@@H]1c1ccc(Cl)cc1. The molecule has 0 bridgehead atoms. The van der Waals surface area contributed by atoms with Crippen LogP contribution in [0.15, 0.2) is 58.9 Å². The summed E-state index contributed by atoms with van der Waals surface area (Å²) in [4.78, 5) is 31.6. The van der Waals surface area contributed by atoms with Gasteiger partial charge in [0.1, 0.15) is 12.1 Å². The number of aryl methyl sites for hydroxylation is 1. The highest BCUT2D eigenvalue weighted by Crippen LogP contribution is 2.40. The lowest BCUT2D eigenvalue weighted by atomic mass is 9.96. The molecule has 1 N–H and O–H groups in total. The minimum atomic E-state index is -0.782. The van der Waals surface area contributed by atoms with Gasteiger partial charge in [0.05, 0.1) is 5.70 Å². The first-order valence-electron chi connectivity index (χ1n) is 8.82. The van der Waals surface area contributed by atoms with E-state index in [1.54, 1.807) is 17.0 Å². The van der Waals surface area contributed by atoms with Gasteiger partial charge >= 0.3 is 0 Å². The van der Waals surface area contributed by atoms with Crippen LogP contribution in [0.4, 0.5) is 0 Å². The molecule has 2 aromatic rings. The van der Waals surface area contributed by atoms with Crippen LogP contribution in [0.2, 0.25) is 5.02 Å². The predicted octanol–water partition coefficient (Wildman–Crippen LogP) is 4.14. The van der Waals surface area contributed by atoms with Gasteiger partial charge in [0, 0.05) is 17.4 Å². The molecule has 2 aliphatic rings. The van der Waals surface area contributed by atoms with Gasteiger partial charge in [-0.25, -0.2) is 0 Å². The minimum Gasteiger partial charge on any atom is -0.342 e. The summed E-state index contributed by atoms with van der Waals surface area (Å²) >= 11 is 7.41. The molecule has 142 valence electrons. The molecule has 5 nitrogen and oxygen atoms in total. The average Bonchev–Trinajstić information content (AvgIpc) is 3.09. The zero-order valence-electron chi connectivity index (χ0n) is 15.3. The van der Waals surface area contributed by atoms with Crippen LogP contribution in [0.3, 0.4) is 0 Å². The third-order valence-electron chi connectivity index (χ3n) is 4.68. The summed E-state index contributed by atoms with van der Waals surface area (Å²) in [7, 11) is 0. The van der Waals surface area contributed by atoms with E-state index in [1.165, 1.54) is 18.7 Å². The fourth-order valence-corrected chi connectivity index (χ4v) is 4.35. The Morgan fingerprint density at radius 1 is 1.14 bits per heavy atom. The van der Waals surface area contributed by atoms with Crippen LogP contribution in [0.1, 0.15) is 29.7 Å². The quantitative estimate of drug-likeness (QED) is 0.825. The summed E-state index contributed by atoms with van der Waals surface area (Å²) in [6, 6.07) is 13.9. The molecule has 0 aliphatic carbocycles. The third kappa shape index (κ3) is 3.45. The number of halogens is 1. The standard InChI is InChI=1S/C21H18ClN3O2S/c1-12-3-5-14(6-4-12)17-11-28-21-24-18(15-7-9-16(22)10-8-15)19(23-13(2)26)20(27)25(17)21/h3-11,18-19H,1-2H3,(H,23,26)/t18-,19+/m1/s1. The number of nitrogens with zero attached hydrogens (tertiary/aromatic N) is 2. The Morgan fingerprint density at radius 2 is 1.82 bits per heavy atom. The predicted molar refractivity (Wildman–Crippen MR) is 113 cm³/mol. The molecule has 2 heterocycles. The van der Waals surface area contributed by atoms with E-state index >= 15 is 0 Å². The Morgan fingerprint density at radius 3 is 2.46 bits per heavy atom. The van der Waals surface area contributed by atoms with Gasteiger partial charge in [-0.2, -0.15) is 0 Å². The van der Waals surface area contributed by atoms with Crippen molar-refractivity contribution in [3.63, 3.8) is 0 Å². The molecule has 0 radical (unpaired) electrons. The number of aliphatic imine (C=N–C) groups is 1.